The Morgan fingerprint density at radius 2 is 1.86 bits per heavy atom. The van der Waals surface area contributed by atoms with Gasteiger partial charge in [-0.05, 0) is 38.3 Å². The molecule has 0 saturated heterocycles. The number of para-hydroxylation sites is 1. The van der Waals surface area contributed by atoms with Crippen molar-refractivity contribution in [1.29, 1.82) is 0 Å². The second-order valence-electron chi connectivity index (χ2n) is 9.83. The molecule has 0 unspecified atom stereocenters. The van der Waals surface area contributed by atoms with E-state index in [2.05, 4.69) is 5.32 Å². The molecule has 3 N–H and O–H groups in total. The van der Waals surface area contributed by atoms with Crippen molar-refractivity contribution in [2.24, 2.45) is 0 Å². The van der Waals surface area contributed by atoms with Crippen LogP contribution >= 0.6 is 0 Å². The predicted molar refractivity (Wildman–Crippen MR) is 130 cm³/mol. The molecule has 3 aliphatic rings. The van der Waals surface area contributed by atoms with Gasteiger partial charge in [0.1, 0.15) is 23.7 Å². The van der Waals surface area contributed by atoms with Crippen LogP contribution in [0.15, 0.2) is 35.9 Å². The van der Waals surface area contributed by atoms with Gasteiger partial charge in [0, 0.05) is 36.6 Å². The second kappa shape index (κ2) is 11.4. The number of Topliss-reactive ketones (excluding diaryl/α,β-unsaturated/α-hetero) is 1. The summed E-state index contributed by atoms with van der Waals surface area (Å²) >= 11 is 0. The highest BCUT2D eigenvalue weighted by Gasteiger charge is 2.51. The molecule has 4 atom stereocenters. The van der Waals surface area contributed by atoms with Crippen LogP contribution in [0.4, 0.5) is 0 Å². The summed E-state index contributed by atoms with van der Waals surface area (Å²) < 4.78 is 6.17. The Balaban J connectivity index is 1.70. The number of carbonyl (C=O) groups is 3. The summed E-state index contributed by atoms with van der Waals surface area (Å²) in [6, 6.07) is 6.69. The van der Waals surface area contributed by atoms with E-state index < -0.39 is 24.2 Å². The Hall–Kier alpha value is -2.71. The van der Waals surface area contributed by atoms with Crippen molar-refractivity contribution < 1.29 is 29.3 Å². The van der Waals surface area contributed by atoms with Crippen molar-refractivity contribution in [1.82, 2.24) is 10.2 Å². The Morgan fingerprint density at radius 1 is 1.11 bits per heavy atom. The quantitative estimate of drug-likeness (QED) is 0.495. The molecule has 35 heavy (non-hydrogen) atoms. The molecular formula is C27H36N2O6. The molecule has 0 bridgehead atoms. The average molecular weight is 485 g/mol. The Bertz CT molecular complexity index is 970. The molecule has 0 spiro atoms. The number of hydrogen-bond donors (Lipinski definition) is 3. The van der Waals surface area contributed by atoms with Crippen LogP contribution in [0.5, 0.6) is 5.75 Å². The number of ketones is 1. The SMILES string of the molecule is CC(=O)CCCC(=O)N(C1CCCCC1)[C@@H]1C=C(C(=O)NCCO)[C@@H]2c3ccccc3O[C@@H]2[C@H]1O. The van der Waals surface area contributed by atoms with Gasteiger partial charge in [-0.15, -0.1) is 0 Å². The Morgan fingerprint density at radius 3 is 2.57 bits per heavy atom. The zero-order chi connectivity index (χ0) is 24.9. The Labute approximate surface area is 206 Å². The molecule has 1 saturated carbocycles. The van der Waals surface area contributed by atoms with Crippen molar-refractivity contribution in [2.45, 2.75) is 88.5 Å². The van der Waals surface area contributed by atoms with Crippen LogP contribution < -0.4 is 10.1 Å². The van der Waals surface area contributed by atoms with Gasteiger partial charge in [0.15, 0.2) is 0 Å². The van der Waals surface area contributed by atoms with E-state index >= 15 is 0 Å². The zero-order valence-electron chi connectivity index (χ0n) is 20.3. The molecule has 4 rings (SSSR count). The number of aliphatic hydroxyl groups is 2. The fourth-order valence-electron chi connectivity index (χ4n) is 5.75. The zero-order valence-corrected chi connectivity index (χ0v) is 20.3. The highest BCUT2D eigenvalue weighted by molar-refractivity contribution is 5.96. The van der Waals surface area contributed by atoms with Crippen LogP contribution in [0.1, 0.15) is 69.8 Å². The lowest BCUT2D eigenvalue weighted by Gasteiger charge is -2.45. The van der Waals surface area contributed by atoms with Crippen LogP contribution in [-0.2, 0) is 14.4 Å². The molecule has 0 radical (unpaired) electrons. The number of aliphatic hydroxyl groups excluding tert-OH is 2. The van der Waals surface area contributed by atoms with E-state index in [9.17, 15) is 24.6 Å². The van der Waals surface area contributed by atoms with Crippen molar-refractivity contribution in [3.8, 4) is 5.75 Å². The highest BCUT2D eigenvalue weighted by Crippen LogP contribution is 2.47. The van der Waals surface area contributed by atoms with Crippen molar-refractivity contribution in [3.63, 3.8) is 0 Å². The number of ether oxygens (including phenoxy) is 1. The van der Waals surface area contributed by atoms with Gasteiger partial charge in [-0.3, -0.25) is 9.59 Å². The van der Waals surface area contributed by atoms with Crippen LogP contribution in [0.25, 0.3) is 0 Å². The first kappa shape index (κ1) is 25.4. The van der Waals surface area contributed by atoms with E-state index in [1.165, 1.54) is 6.92 Å². The smallest absolute Gasteiger partial charge is 0.247 e. The van der Waals surface area contributed by atoms with Crippen molar-refractivity contribution in [2.75, 3.05) is 13.2 Å². The first-order valence-corrected chi connectivity index (χ1v) is 12.8. The molecule has 190 valence electrons. The molecule has 2 amide bonds. The molecule has 1 aromatic carbocycles. The molecule has 8 heteroatoms. The lowest BCUT2D eigenvalue weighted by Crippen LogP contribution is -2.58. The van der Waals surface area contributed by atoms with Gasteiger partial charge in [0.25, 0.3) is 0 Å². The van der Waals surface area contributed by atoms with Crippen LogP contribution in [0, 0.1) is 0 Å². The normalized spacial score (nSPS) is 25.6. The van der Waals surface area contributed by atoms with Gasteiger partial charge in [-0.2, -0.15) is 0 Å². The largest absolute Gasteiger partial charge is 0.486 e. The minimum atomic E-state index is -1.01. The minimum absolute atomic E-state index is 0.0356. The third kappa shape index (κ3) is 5.43. The maximum absolute atomic E-state index is 13.5. The van der Waals surface area contributed by atoms with E-state index in [0.29, 0.717) is 24.2 Å². The van der Waals surface area contributed by atoms with Gasteiger partial charge in [-0.1, -0.05) is 37.5 Å². The third-order valence-corrected chi connectivity index (χ3v) is 7.37. The number of amides is 2. The van der Waals surface area contributed by atoms with Crippen LogP contribution in [0.2, 0.25) is 0 Å². The average Bonchev–Trinajstić information content (AvgIpc) is 3.25. The topological polar surface area (TPSA) is 116 Å². The van der Waals surface area contributed by atoms with Gasteiger partial charge < -0.3 is 30.0 Å². The number of benzene rings is 1. The molecule has 8 nitrogen and oxygen atoms in total. The number of fused-ring (bicyclic) bond motifs is 3. The van der Waals surface area contributed by atoms with Gasteiger partial charge in [0.2, 0.25) is 11.8 Å². The van der Waals surface area contributed by atoms with Crippen LogP contribution in [-0.4, -0.2) is 70.2 Å². The van der Waals surface area contributed by atoms with E-state index in [1.807, 2.05) is 24.3 Å². The van der Waals surface area contributed by atoms with Crippen LogP contribution in [0.3, 0.4) is 0 Å². The number of rotatable bonds is 9. The number of hydrogen-bond acceptors (Lipinski definition) is 6. The molecule has 0 aromatic heterocycles. The van der Waals surface area contributed by atoms with Crippen molar-refractivity contribution >= 4 is 17.6 Å². The lowest BCUT2D eigenvalue weighted by molar-refractivity contribution is -0.141. The molecular weight excluding hydrogens is 448 g/mol. The third-order valence-electron chi connectivity index (χ3n) is 7.37. The van der Waals surface area contributed by atoms with E-state index in [1.54, 1.807) is 11.0 Å². The van der Waals surface area contributed by atoms with Gasteiger partial charge in [-0.25, -0.2) is 0 Å². The summed E-state index contributed by atoms with van der Waals surface area (Å²) in [6.45, 7) is 1.44. The summed E-state index contributed by atoms with van der Waals surface area (Å²) in [6.07, 6.45) is 5.85. The lowest BCUT2D eigenvalue weighted by atomic mass is 9.76. The fourth-order valence-corrected chi connectivity index (χ4v) is 5.75. The number of nitrogens with zero attached hydrogens (tertiary/aromatic N) is 1. The number of carbonyl (C=O) groups excluding carboxylic acids is 3. The van der Waals surface area contributed by atoms with E-state index in [0.717, 1.165) is 37.7 Å². The summed E-state index contributed by atoms with van der Waals surface area (Å²) in [4.78, 5) is 39.9. The standard InChI is InChI=1S/C27H36N2O6/c1-17(31)8-7-13-23(32)29(18-9-3-2-4-10-18)21-16-20(27(34)28-14-15-30)24-19-11-5-6-12-22(19)35-26(24)25(21)33/h5-6,11-12,16,18,21,24-26,30,33H,2-4,7-10,13-15H2,1H3,(H,28,34)/t21-,24+,25+,26+/m1/s1. The fraction of sp³-hybridized carbons (Fsp3) is 0.593. The second-order valence-corrected chi connectivity index (χ2v) is 9.83. The Kier molecular flexibility index (Phi) is 8.23. The van der Waals surface area contributed by atoms with E-state index in [-0.39, 0.29) is 43.2 Å². The highest BCUT2D eigenvalue weighted by atomic mass is 16.5. The minimum Gasteiger partial charge on any atom is -0.486 e. The molecule has 2 aliphatic carbocycles. The monoisotopic (exact) mass is 484 g/mol. The molecule has 1 aromatic rings. The molecule has 1 fully saturated rings. The van der Waals surface area contributed by atoms with E-state index in [4.69, 9.17) is 4.74 Å². The molecule has 1 aliphatic heterocycles. The summed E-state index contributed by atoms with van der Waals surface area (Å²) in [5.74, 6) is -0.235. The maximum Gasteiger partial charge on any atom is 0.247 e. The summed E-state index contributed by atoms with van der Waals surface area (Å²) in [5, 5.41) is 23.5. The van der Waals surface area contributed by atoms with Gasteiger partial charge >= 0.3 is 0 Å². The molecule has 1 heterocycles. The van der Waals surface area contributed by atoms with Gasteiger partial charge in [0.05, 0.1) is 18.6 Å². The summed E-state index contributed by atoms with van der Waals surface area (Å²) in [5.41, 5.74) is 1.28. The first-order valence-electron chi connectivity index (χ1n) is 12.8. The predicted octanol–water partition coefficient (Wildman–Crippen LogP) is 2.23. The maximum atomic E-state index is 13.5. The summed E-state index contributed by atoms with van der Waals surface area (Å²) in [7, 11) is 0. The first-order chi connectivity index (χ1) is 16.9. The number of nitrogens with one attached hydrogen (secondary N) is 1. The van der Waals surface area contributed by atoms with Crippen molar-refractivity contribution in [3.05, 3.63) is 41.5 Å².